The zero-order chi connectivity index (χ0) is 18.4. The summed E-state index contributed by atoms with van der Waals surface area (Å²) >= 11 is 0. The molecule has 2 heterocycles. The lowest BCUT2D eigenvalue weighted by Gasteiger charge is -2.15. The molecule has 1 aromatic heterocycles. The average Bonchev–Trinajstić information content (AvgIpc) is 3.15. The SMILES string of the molecule is COc1ccc(/C=C/C(=O)N2CCC(Oc3nccnc3C#N)C2)cc1. The number of carbonyl (C=O) groups is 1. The highest BCUT2D eigenvalue weighted by Crippen LogP contribution is 2.19. The molecule has 1 aliphatic heterocycles. The topological polar surface area (TPSA) is 88.3 Å². The normalized spacial score (nSPS) is 16.5. The van der Waals surface area contributed by atoms with Crippen molar-refractivity contribution >= 4 is 12.0 Å². The van der Waals surface area contributed by atoms with Crippen molar-refractivity contribution in [2.75, 3.05) is 20.2 Å². The molecule has 2 aromatic rings. The van der Waals surface area contributed by atoms with Gasteiger partial charge in [-0.2, -0.15) is 5.26 Å². The summed E-state index contributed by atoms with van der Waals surface area (Å²) in [6.07, 6.45) is 6.73. The van der Waals surface area contributed by atoms with Crippen LogP contribution in [-0.4, -0.2) is 47.1 Å². The fraction of sp³-hybridized carbons (Fsp3) is 0.263. The summed E-state index contributed by atoms with van der Waals surface area (Å²) in [6.45, 7) is 1.05. The largest absolute Gasteiger partial charge is 0.497 e. The van der Waals surface area contributed by atoms with Crippen LogP contribution in [0.1, 0.15) is 17.7 Å². The molecule has 0 radical (unpaired) electrons. The quantitative estimate of drug-likeness (QED) is 0.767. The molecule has 3 rings (SSSR count). The van der Waals surface area contributed by atoms with Gasteiger partial charge in [0.2, 0.25) is 11.6 Å². The van der Waals surface area contributed by atoms with Crippen LogP contribution in [0.15, 0.2) is 42.7 Å². The van der Waals surface area contributed by atoms with E-state index in [-0.39, 0.29) is 23.6 Å². The van der Waals surface area contributed by atoms with Crippen LogP contribution in [0.2, 0.25) is 0 Å². The van der Waals surface area contributed by atoms with Crippen molar-refractivity contribution in [1.29, 1.82) is 5.26 Å². The van der Waals surface area contributed by atoms with Gasteiger partial charge in [-0.05, 0) is 23.8 Å². The number of nitrogens with zero attached hydrogens (tertiary/aromatic N) is 4. The van der Waals surface area contributed by atoms with Gasteiger partial charge in [0, 0.05) is 31.4 Å². The van der Waals surface area contributed by atoms with Crippen LogP contribution in [0.25, 0.3) is 6.08 Å². The van der Waals surface area contributed by atoms with Gasteiger partial charge in [0.1, 0.15) is 17.9 Å². The number of benzene rings is 1. The van der Waals surface area contributed by atoms with Gasteiger partial charge in [-0.15, -0.1) is 0 Å². The predicted octanol–water partition coefficient (Wildman–Crippen LogP) is 2.05. The van der Waals surface area contributed by atoms with E-state index in [0.717, 1.165) is 11.3 Å². The summed E-state index contributed by atoms with van der Waals surface area (Å²) in [5.74, 6) is 0.906. The van der Waals surface area contributed by atoms with Crippen LogP contribution in [0.4, 0.5) is 0 Å². The number of hydrogen-bond donors (Lipinski definition) is 0. The Morgan fingerprint density at radius 1 is 1.31 bits per heavy atom. The minimum atomic E-state index is -0.197. The van der Waals surface area contributed by atoms with Gasteiger partial charge in [0.15, 0.2) is 0 Å². The molecule has 1 fully saturated rings. The van der Waals surface area contributed by atoms with Crippen molar-refractivity contribution in [3.05, 3.63) is 54.0 Å². The van der Waals surface area contributed by atoms with Gasteiger partial charge in [-0.1, -0.05) is 12.1 Å². The number of methoxy groups -OCH3 is 1. The van der Waals surface area contributed by atoms with Crippen LogP contribution >= 0.6 is 0 Å². The highest BCUT2D eigenvalue weighted by atomic mass is 16.5. The lowest BCUT2D eigenvalue weighted by molar-refractivity contribution is -0.125. The van der Waals surface area contributed by atoms with Gasteiger partial charge in [0.25, 0.3) is 5.88 Å². The van der Waals surface area contributed by atoms with Crippen molar-refractivity contribution in [3.63, 3.8) is 0 Å². The molecule has 132 valence electrons. The zero-order valence-electron chi connectivity index (χ0n) is 14.3. The molecule has 26 heavy (non-hydrogen) atoms. The third-order valence-corrected chi connectivity index (χ3v) is 4.04. The molecule has 0 bridgehead atoms. The van der Waals surface area contributed by atoms with E-state index in [9.17, 15) is 4.79 Å². The molecule has 1 unspecified atom stereocenters. The van der Waals surface area contributed by atoms with E-state index in [0.29, 0.717) is 19.5 Å². The monoisotopic (exact) mass is 350 g/mol. The highest BCUT2D eigenvalue weighted by Gasteiger charge is 2.27. The summed E-state index contributed by atoms with van der Waals surface area (Å²) in [5.41, 5.74) is 1.07. The Labute approximate surface area is 151 Å². The molecule has 7 heteroatoms. The molecule has 0 aliphatic carbocycles. The number of likely N-dealkylation sites (tertiary alicyclic amines) is 1. The molecular formula is C19H18N4O3. The summed E-state index contributed by atoms with van der Waals surface area (Å²) in [6, 6.07) is 9.41. The number of amides is 1. The third kappa shape index (κ3) is 4.16. The predicted molar refractivity (Wildman–Crippen MR) is 94.4 cm³/mol. The molecular weight excluding hydrogens is 332 g/mol. The van der Waals surface area contributed by atoms with Crippen LogP contribution in [0, 0.1) is 11.3 Å². The summed E-state index contributed by atoms with van der Waals surface area (Å²) in [5, 5.41) is 9.03. The minimum Gasteiger partial charge on any atom is -0.497 e. The molecule has 1 atom stereocenters. The second kappa shape index (κ2) is 8.12. The molecule has 7 nitrogen and oxygen atoms in total. The maximum absolute atomic E-state index is 12.3. The van der Waals surface area contributed by atoms with E-state index in [1.165, 1.54) is 12.4 Å². The molecule has 1 amide bonds. The highest BCUT2D eigenvalue weighted by molar-refractivity contribution is 5.92. The second-order valence-corrected chi connectivity index (χ2v) is 5.74. The van der Waals surface area contributed by atoms with Gasteiger partial charge in [-0.25, -0.2) is 9.97 Å². The summed E-state index contributed by atoms with van der Waals surface area (Å²) in [7, 11) is 1.61. The fourth-order valence-electron chi connectivity index (χ4n) is 2.66. The maximum atomic E-state index is 12.3. The van der Waals surface area contributed by atoms with Crippen LogP contribution in [0.5, 0.6) is 11.6 Å². The Balaban J connectivity index is 1.56. The number of rotatable bonds is 5. The van der Waals surface area contributed by atoms with E-state index in [1.807, 2.05) is 30.3 Å². The lowest BCUT2D eigenvalue weighted by Crippen LogP contribution is -2.29. The fourth-order valence-corrected chi connectivity index (χ4v) is 2.66. The first-order valence-electron chi connectivity index (χ1n) is 8.18. The first-order chi connectivity index (χ1) is 12.7. The van der Waals surface area contributed by atoms with Gasteiger partial charge < -0.3 is 14.4 Å². The van der Waals surface area contributed by atoms with Crippen molar-refractivity contribution in [2.45, 2.75) is 12.5 Å². The Morgan fingerprint density at radius 3 is 2.81 bits per heavy atom. The molecule has 1 saturated heterocycles. The average molecular weight is 350 g/mol. The Hall–Kier alpha value is -3.40. The van der Waals surface area contributed by atoms with Crippen LogP contribution in [-0.2, 0) is 4.79 Å². The van der Waals surface area contributed by atoms with Crippen molar-refractivity contribution in [3.8, 4) is 17.7 Å². The number of carbonyl (C=O) groups excluding carboxylic acids is 1. The van der Waals surface area contributed by atoms with Crippen LogP contribution < -0.4 is 9.47 Å². The first kappa shape index (κ1) is 17.4. The smallest absolute Gasteiger partial charge is 0.251 e. The molecule has 0 saturated carbocycles. The molecule has 0 spiro atoms. The van der Waals surface area contributed by atoms with E-state index in [1.54, 1.807) is 24.2 Å². The third-order valence-electron chi connectivity index (χ3n) is 4.04. The van der Waals surface area contributed by atoms with Gasteiger partial charge in [-0.3, -0.25) is 4.79 Å². The van der Waals surface area contributed by atoms with E-state index in [4.69, 9.17) is 14.7 Å². The van der Waals surface area contributed by atoms with Crippen molar-refractivity contribution < 1.29 is 14.3 Å². The van der Waals surface area contributed by atoms with Crippen molar-refractivity contribution in [2.24, 2.45) is 0 Å². The van der Waals surface area contributed by atoms with E-state index >= 15 is 0 Å². The van der Waals surface area contributed by atoms with E-state index in [2.05, 4.69) is 9.97 Å². The Morgan fingerprint density at radius 2 is 2.08 bits per heavy atom. The number of hydrogen-bond acceptors (Lipinski definition) is 6. The first-order valence-corrected chi connectivity index (χ1v) is 8.18. The Kier molecular flexibility index (Phi) is 5.44. The molecule has 1 aromatic carbocycles. The number of aromatic nitrogens is 2. The summed E-state index contributed by atoms with van der Waals surface area (Å²) < 4.78 is 10.8. The minimum absolute atomic E-state index is 0.0772. The molecule has 0 N–H and O–H groups in total. The van der Waals surface area contributed by atoms with Gasteiger partial charge >= 0.3 is 0 Å². The summed E-state index contributed by atoms with van der Waals surface area (Å²) in [4.78, 5) is 22.0. The number of ether oxygens (including phenoxy) is 2. The lowest BCUT2D eigenvalue weighted by atomic mass is 10.2. The van der Waals surface area contributed by atoms with E-state index < -0.39 is 0 Å². The number of nitriles is 1. The van der Waals surface area contributed by atoms with Crippen LogP contribution in [0.3, 0.4) is 0 Å². The second-order valence-electron chi connectivity index (χ2n) is 5.74. The maximum Gasteiger partial charge on any atom is 0.251 e. The zero-order valence-corrected chi connectivity index (χ0v) is 14.3. The Bertz CT molecular complexity index is 843. The molecule has 1 aliphatic rings. The van der Waals surface area contributed by atoms with Crippen molar-refractivity contribution in [1.82, 2.24) is 14.9 Å². The van der Waals surface area contributed by atoms with Gasteiger partial charge in [0.05, 0.1) is 13.7 Å². The standard InChI is InChI=1S/C19H18N4O3/c1-25-15-5-2-14(3-6-15)4-7-18(24)23-11-8-16(13-23)26-19-17(12-20)21-9-10-22-19/h2-7,9-10,16H,8,11,13H2,1H3/b7-4+.